The van der Waals surface area contributed by atoms with Crippen molar-refractivity contribution in [2.75, 3.05) is 6.61 Å². The Bertz CT molecular complexity index is 640. The Labute approximate surface area is 121 Å². The summed E-state index contributed by atoms with van der Waals surface area (Å²) in [4.78, 5) is 11.2. The molecule has 0 heterocycles. The molecule has 2 aromatic carbocycles. The maximum atomic E-state index is 13.1. The first kappa shape index (κ1) is 14.8. The van der Waals surface area contributed by atoms with Crippen molar-refractivity contribution in [2.45, 2.75) is 13.5 Å². The summed E-state index contributed by atoms with van der Waals surface area (Å²) in [6, 6.07) is 10.6. The van der Waals surface area contributed by atoms with Gasteiger partial charge in [0.05, 0.1) is 6.61 Å². The lowest BCUT2D eigenvalue weighted by atomic mass is 10.2. The van der Waals surface area contributed by atoms with Crippen molar-refractivity contribution in [1.82, 2.24) is 0 Å². The van der Waals surface area contributed by atoms with Crippen LogP contribution in [0.2, 0.25) is 0 Å². The monoisotopic (exact) mass is 290 g/mol. The van der Waals surface area contributed by atoms with Gasteiger partial charge >= 0.3 is 5.97 Å². The van der Waals surface area contributed by atoms with E-state index in [1.807, 2.05) is 0 Å². The van der Waals surface area contributed by atoms with Gasteiger partial charge in [-0.25, -0.2) is 9.18 Å². The van der Waals surface area contributed by atoms with E-state index in [2.05, 4.69) is 0 Å². The van der Waals surface area contributed by atoms with Crippen molar-refractivity contribution < 1.29 is 23.8 Å². The molecule has 110 valence electrons. The van der Waals surface area contributed by atoms with E-state index in [1.54, 1.807) is 31.2 Å². The SMILES string of the molecule is CCOc1ccc(OCc2cccc(F)c2)cc1C(=O)O. The van der Waals surface area contributed by atoms with Crippen molar-refractivity contribution in [3.05, 3.63) is 59.4 Å². The number of aromatic carboxylic acids is 1. The van der Waals surface area contributed by atoms with Gasteiger partial charge in [0.1, 0.15) is 29.5 Å². The zero-order valence-electron chi connectivity index (χ0n) is 11.5. The summed E-state index contributed by atoms with van der Waals surface area (Å²) in [5.41, 5.74) is 0.703. The Balaban J connectivity index is 2.13. The minimum atomic E-state index is -1.09. The van der Waals surface area contributed by atoms with Crippen molar-refractivity contribution in [3.8, 4) is 11.5 Å². The van der Waals surface area contributed by atoms with Crippen LogP contribution in [0.1, 0.15) is 22.8 Å². The van der Waals surface area contributed by atoms with Crippen molar-refractivity contribution >= 4 is 5.97 Å². The molecule has 0 aliphatic carbocycles. The number of hydrogen-bond acceptors (Lipinski definition) is 3. The number of ether oxygens (including phenoxy) is 2. The number of rotatable bonds is 6. The van der Waals surface area contributed by atoms with Crippen molar-refractivity contribution in [2.24, 2.45) is 0 Å². The summed E-state index contributed by atoms with van der Waals surface area (Å²) in [6.07, 6.45) is 0. The molecule has 0 unspecified atom stereocenters. The lowest BCUT2D eigenvalue weighted by molar-refractivity contribution is 0.0692. The van der Waals surface area contributed by atoms with Gasteiger partial charge < -0.3 is 14.6 Å². The van der Waals surface area contributed by atoms with E-state index in [9.17, 15) is 9.18 Å². The predicted molar refractivity (Wildman–Crippen MR) is 75.3 cm³/mol. The fraction of sp³-hybridized carbons (Fsp3) is 0.188. The Morgan fingerprint density at radius 3 is 2.67 bits per heavy atom. The Morgan fingerprint density at radius 1 is 1.19 bits per heavy atom. The summed E-state index contributed by atoms with van der Waals surface area (Å²) in [5, 5.41) is 9.15. The highest BCUT2D eigenvalue weighted by molar-refractivity contribution is 5.91. The summed E-state index contributed by atoms with van der Waals surface area (Å²) in [6.45, 7) is 2.31. The van der Waals surface area contributed by atoms with Gasteiger partial charge in [0.2, 0.25) is 0 Å². The molecular formula is C16H15FO4. The zero-order valence-corrected chi connectivity index (χ0v) is 11.5. The van der Waals surface area contributed by atoms with Crippen molar-refractivity contribution in [3.63, 3.8) is 0 Å². The molecule has 0 aromatic heterocycles. The molecule has 0 saturated heterocycles. The van der Waals surface area contributed by atoms with Gasteiger partial charge in [0.25, 0.3) is 0 Å². The molecule has 0 atom stereocenters. The van der Waals surface area contributed by atoms with E-state index in [4.69, 9.17) is 14.6 Å². The summed E-state index contributed by atoms with van der Waals surface area (Å²) < 4.78 is 23.8. The fourth-order valence-electron chi connectivity index (χ4n) is 1.84. The predicted octanol–water partition coefficient (Wildman–Crippen LogP) is 3.50. The second kappa shape index (κ2) is 6.74. The minimum absolute atomic E-state index is 0.0357. The normalized spacial score (nSPS) is 10.2. The van der Waals surface area contributed by atoms with E-state index in [-0.39, 0.29) is 18.0 Å². The standard InChI is InChI=1S/C16H15FO4/c1-2-20-15-7-6-13(9-14(15)16(18)19)21-10-11-4-3-5-12(17)8-11/h3-9H,2,10H2,1H3,(H,18,19). The maximum absolute atomic E-state index is 13.1. The largest absolute Gasteiger partial charge is 0.493 e. The second-order valence-corrected chi connectivity index (χ2v) is 4.31. The van der Waals surface area contributed by atoms with Crippen LogP contribution in [0.5, 0.6) is 11.5 Å². The van der Waals surface area contributed by atoms with Crippen LogP contribution < -0.4 is 9.47 Å². The smallest absolute Gasteiger partial charge is 0.339 e. The van der Waals surface area contributed by atoms with E-state index < -0.39 is 5.97 Å². The lowest BCUT2D eigenvalue weighted by Gasteiger charge is -2.10. The first-order valence-corrected chi connectivity index (χ1v) is 6.47. The van der Waals surface area contributed by atoms with E-state index in [0.29, 0.717) is 23.7 Å². The number of halogens is 1. The average molecular weight is 290 g/mol. The lowest BCUT2D eigenvalue weighted by Crippen LogP contribution is -2.04. The second-order valence-electron chi connectivity index (χ2n) is 4.31. The average Bonchev–Trinajstić information content (AvgIpc) is 2.46. The molecular weight excluding hydrogens is 275 g/mol. The molecule has 4 nitrogen and oxygen atoms in total. The van der Waals surface area contributed by atoms with E-state index >= 15 is 0 Å². The van der Waals surface area contributed by atoms with Crippen molar-refractivity contribution in [1.29, 1.82) is 0 Å². The van der Waals surface area contributed by atoms with E-state index in [1.165, 1.54) is 18.2 Å². The van der Waals surface area contributed by atoms with Gasteiger partial charge in [0.15, 0.2) is 0 Å². The molecule has 21 heavy (non-hydrogen) atoms. The third kappa shape index (κ3) is 3.95. The third-order valence-electron chi connectivity index (χ3n) is 2.78. The molecule has 5 heteroatoms. The molecule has 0 spiro atoms. The summed E-state index contributed by atoms with van der Waals surface area (Å²) in [5.74, 6) is -0.744. The van der Waals surface area contributed by atoms with Gasteiger partial charge in [-0.2, -0.15) is 0 Å². The van der Waals surface area contributed by atoms with Gasteiger partial charge in [-0.1, -0.05) is 12.1 Å². The highest BCUT2D eigenvalue weighted by Gasteiger charge is 2.12. The van der Waals surface area contributed by atoms with Crippen LogP contribution in [0.4, 0.5) is 4.39 Å². The summed E-state index contributed by atoms with van der Waals surface area (Å²) in [7, 11) is 0. The highest BCUT2D eigenvalue weighted by Crippen LogP contribution is 2.25. The zero-order chi connectivity index (χ0) is 15.2. The molecule has 0 amide bonds. The Morgan fingerprint density at radius 2 is 2.00 bits per heavy atom. The maximum Gasteiger partial charge on any atom is 0.339 e. The highest BCUT2D eigenvalue weighted by atomic mass is 19.1. The molecule has 0 aliphatic rings. The van der Waals surface area contributed by atoms with Crippen LogP contribution in [0.25, 0.3) is 0 Å². The van der Waals surface area contributed by atoms with Crippen LogP contribution in [0.3, 0.4) is 0 Å². The Hall–Kier alpha value is -2.56. The van der Waals surface area contributed by atoms with E-state index in [0.717, 1.165) is 0 Å². The molecule has 0 radical (unpaired) electrons. The topological polar surface area (TPSA) is 55.8 Å². The molecule has 0 saturated carbocycles. The minimum Gasteiger partial charge on any atom is -0.493 e. The van der Waals surface area contributed by atoms with Gasteiger partial charge in [-0.15, -0.1) is 0 Å². The quantitative estimate of drug-likeness (QED) is 0.884. The summed E-state index contributed by atoms with van der Waals surface area (Å²) >= 11 is 0. The van der Waals surface area contributed by atoms with Crippen LogP contribution in [-0.2, 0) is 6.61 Å². The van der Waals surface area contributed by atoms with Crippen LogP contribution >= 0.6 is 0 Å². The van der Waals surface area contributed by atoms with Gasteiger partial charge in [-0.3, -0.25) is 0 Å². The van der Waals surface area contributed by atoms with Gasteiger partial charge in [0, 0.05) is 0 Å². The molecule has 0 bridgehead atoms. The number of hydrogen-bond donors (Lipinski definition) is 1. The number of carboxylic acids is 1. The molecule has 2 rings (SSSR count). The molecule has 0 fully saturated rings. The number of carbonyl (C=O) groups is 1. The molecule has 0 aliphatic heterocycles. The number of carboxylic acid groups (broad SMARTS) is 1. The van der Waals surface area contributed by atoms with Crippen LogP contribution in [-0.4, -0.2) is 17.7 Å². The van der Waals surface area contributed by atoms with Gasteiger partial charge in [-0.05, 0) is 42.8 Å². The van der Waals surface area contributed by atoms with Crippen LogP contribution in [0.15, 0.2) is 42.5 Å². The first-order valence-electron chi connectivity index (χ1n) is 6.47. The van der Waals surface area contributed by atoms with Crippen LogP contribution in [0, 0.1) is 5.82 Å². The first-order chi connectivity index (χ1) is 10.1. The Kier molecular flexibility index (Phi) is 4.77. The fourth-order valence-corrected chi connectivity index (χ4v) is 1.84. The third-order valence-corrected chi connectivity index (χ3v) is 2.78. The molecule has 2 aromatic rings. The molecule has 1 N–H and O–H groups in total. The number of benzene rings is 2.